The summed E-state index contributed by atoms with van der Waals surface area (Å²) in [6.07, 6.45) is 13.0. The molecule has 0 amide bonds. The molecule has 5 aliphatic rings. The fourth-order valence-corrected chi connectivity index (χ4v) is 7.30. The van der Waals surface area contributed by atoms with Gasteiger partial charge in [0.15, 0.2) is 5.79 Å². The molecular formula is C23H34O3Si. The average Bonchev–Trinajstić information content (AvgIpc) is 3.18. The first-order valence-corrected chi connectivity index (χ1v) is 14.3. The fraction of sp³-hybridized carbons (Fsp3) is 0.739. The van der Waals surface area contributed by atoms with Crippen LogP contribution in [0.4, 0.5) is 0 Å². The molecule has 0 aromatic carbocycles. The van der Waals surface area contributed by atoms with E-state index >= 15 is 0 Å². The van der Waals surface area contributed by atoms with E-state index in [4.69, 9.17) is 13.9 Å². The van der Waals surface area contributed by atoms with E-state index in [1.165, 1.54) is 25.0 Å². The summed E-state index contributed by atoms with van der Waals surface area (Å²) in [4.78, 5) is 0. The molecule has 0 radical (unpaired) electrons. The molecule has 4 heteroatoms. The van der Waals surface area contributed by atoms with Crippen LogP contribution in [0.25, 0.3) is 0 Å². The molecule has 0 saturated carbocycles. The van der Waals surface area contributed by atoms with Crippen LogP contribution < -0.4 is 0 Å². The lowest BCUT2D eigenvalue weighted by Gasteiger charge is -2.48. The molecule has 0 aromatic rings. The van der Waals surface area contributed by atoms with Gasteiger partial charge in [0.05, 0.1) is 19.0 Å². The molecule has 1 fully saturated rings. The van der Waals surface area contributed by atoms with Gasteiger partial charge in [0.1, 0.15) is 0 Å². The largest absolute Gasteiger partial charge is 0.547 e. The van der Waals surface area contributed by atoms with Gasteiger partial charge in [-0.2, -0.15) is 0 Å². The standard InChI is InChI=1S/C23H34O3Si/c1-22-11-9-18-17-10-12-23(24-13-14-25-23)15-16(17)5-6-19(18)20(22)7-8-21(22)26-27(2,3)4/h8-9,19-20H,5-7,10-15H2,1-4H3/t19?,20-,22?/m0/s1. The third-order valence-electron chi connectivity index (χ3n) is 7.57. The van der Waals surface area contributed by atoms with E-state index in [9.17, 15) is 0 Å². The first kappa shape index (κ1) is 18.2. The zero-order valence-corrected chi connectivity index (χ0v) is 18.4. The second kappa shape index (κ2) is 6.08. The van der Waals surface area contributed by atoms with Crippen molar-refractivity contribution in [3.05, 3.63) is 34.6 Å². The van der Waals surface area contributed by atoms with Crippen LogP contribution in [0.2, 0.25) is 19.6 Å². The summed E-state index contributed by atoms with van der Waals surface area (Å²) in [5, 5.41) is 0. The Morgan fingerprint density at radius 1 is 1.11 bits per heavy atom. The number of allylic oxidation sites excluding steroid dienone is 5. The van der Waals surface area contributed by atoms with Crippen molar-refractivity contribution in [1.82, 2.24) is 0 Å². The highest BCUT2D eigenvalue weighted by Crippen LogP contribution is 2.60. The monoisotopic (exact) mass is 386 g/mol. The lowest BCUT2D eigenvalue weighted by Crippen LogP contribution is -2.41. The van der Waals surface area contributed by atoms with Gasteiger partial charge in [0, 0.05) is 18.3 Å². The molecule has 0 aromatic heterocycles. The number of fused-ring (bicyclic) bond motifs is 4. The smallest absolute Gasteiger partial charge is 0.241 e. The number of hydrogen-bond donors (Lipinski definition) is 0. The number of rotatable bonds is 2. The topological polar surface area (TPSA) is 27.7 Å². The molecule has 27 heavy (non-hydrogen) atoms. The molecule has 3 atom stereocenters. The summed E-state index contributed by atoms with van der Waals surface area (Å²) in [6.45, 7) is 10.9. The zero-order valence-electron chi connectivity index (χ0n) is 17.4. The Morgan fingerprint density at radius 2 is 1.89 bits per heavy atom. The maximum atomic E-state index is 6.55. The van der Waals surface area contributed by atoms with E-state index < -0.39 is 8.32 Å². The number of ether oxygens (including phenoxy) is 2. The van der Waals surface area contributed by atoms with Gasteiger partial charge in [-0.25, -0.2) is 0 Å². The van der Waals surface area contributed by atoms with Gasteiger partial charge in [-0.3, -0.25) is 0 Å². The summed E-state index contributed by atoms with van der Waals surface area (Å²) >= 11 is 0. The second-order valence-electron chi connectivity index (χ2n) is 10.4. The van der Waals surface area contributed by atoms with Crippen molar-refractivity contribution in [3.8, 4) is 0 Å². The van der Waals surface area contributed by atoms with Crippen LogP contribution in [0.1, 0.15) is 51.9 Å². The summed E-state index contributed by atoms with van der Waals surface area (Å²) in [7, 11) is -1.56. The molecule has 148 valence electrons. The van der Waals surface area contributed by atoms with E-state index in [0.29, 0.717) is 11.8 Å². The summed E-state index contributed by atoms with van der Waals surface area (Å²) in [6, 6.07) is 0. The molecule has 1 heterocycles. The van der Waals surface area contributed by atoms with E-state index in [2.05, 4.69) is 38.7 Å². The van der Waals surface area contributed by atoms with Crippen molar-refractivity contribution in [1.29, 1.82) is 0 Å². The van der Waals surface area contributed by atoms with Crippen LogP contribution in [-0.2, 0) is 13.9 Å². The predicted molar refractivity (Wildman–Crippen MR) is 110 cm³/mol. The lowest BCUT2D eigenvalue weighted by molar-refractivity contribution is -0.164. The first-order valence-electron chi connectivity index (χ1n) is 10.9. The van der Waals surface area contributed by atoms with E-state index in [1.807, 2.05) is 0 Å². The minimum absolute atomic E-state index is 0.208. The van der Waals surface area contributed by atoms with Gasteiger partial charge >= 0.3 is 0 Å². The molecule has 1 aliphatic heterocycles. The van der Waals surface area contributed by atoms with Crippen LogP contribution in [0.3, 0.4) is 0 Å². The Hall–Kier alpha value is -0.843. The lowest BCUT2D eigenvalue weighted by atomic mass is 9.58. The average molecular weight is 387 g/mol. The van der Waals surface area contributed by atoms with Gasteiger partial charge in [0.2, 0.25) is 8.32 Å². The Morgan fingerprint density at radius 3 is 2.63 bits per heavy atom. The highest BCUT2D eigenvalue weighted by Gasteiger charge is 2.52. The first-order chi connectivity index (χ1) is 12.8. The van der Waals surface area contributed by atoms with Gasteiger partial charge in [-0.05, 0) is 80.8 Å². The molecule has 0 bridgehead atoms. The molecule has 1 saturated heterocycles. The van der Waals surface area contributed by atoms with Crippen molar-refractivity contribution in [2.45, 2.75) is 77.3 Å². The quantitative estimate of drug-likeness (QED) is 0.569. The fourth-order valence-electron chi connectivity index (χ4n) is 6.33. The Kier molecular flexibility index (Phi) is 4.10. The van der Waals surface area contributed by atoms with Crippen LogP contribution >= 0.6 is 0 Å². The van der Waals surface area contributed by atoms with Crippen molar-refractivity contribution >= 4 is 8.32 Å². The highest BCUT2D eigenvalue weighted by atomic mass is 28.4. The van der Waals surface area contributed by atoms with Crippen molar-refractivity contribution < 1.29 is 13.9 Å². The third-order valence-corrected chi connectivity index (χ3v) is 8.40. The molecule has 0 N–H and O–H groups in total. The third kappa shape index (κ3) is 2.90. The minimum atomic E-state index is -1.56. The molecule has 4 aliphatic carbocycles. The highest BCUT2D eigenvalue weighted by molar-refractivity contribution is 6.70. The molecule has 1 spiro atoms. The van der Waals surface area contributed by atoms with Crippen molar-refractivity contribution in [2.75, 3.05) is 13.2 Å². The van der Waals surface area contributed by atoms with Crippen LogP contribution in [0.15, 0.2) is 34.6 Å². The van der Waals surface area contributed by atoms with Gasteiger partial charge in [-0.15, -0.1) is 0 Å². The summed E-state index contributed by atoms with van der Waals surface area (Å²) < 4.78 is 18.6. The predicted octanol–water partition coefficient (Wildman–Crippen LogP) is 5.71. The molecule has 2 unspecified atom stereocenters. The van der Waals surface area contributed by atoms with Gasteiger partial charge < -0.3 is 13.9 Å². The maximum Gasteiger partial charge on any atom is 0.241 e. The maximum absolute atomic E-state index is 6.55. The Labute approximate surface area is 165 Å². The van der Waals surface area contributed by atoms with Crippen molar-refractivity contribution in [3.63, 3.8) is 0 Å². The molecule has 5 rings (SSSR count). The minimum Gasteiger partial charge on any atom is -0.547 e. The van der Waals surface area contributed by atoms with Crippen LogP contribution in [0.5, 0.6) is 0 Å². The normalized spacial score (nSPS) is 37.5. The van der Waals surface area contributed by atoms with Crippen LogP contribution in [0, 0.1) is 17.3 Å². The zero-order chi connectivity index (χ0) is 18.9. The second-order valence-corrected chi connectivity index (χ2v) is 14.8. The van der Waals surface area contributed by atoms with E-state index in [1.54, 1.807) is 16.7 Å². The Bertz CT molecular complexity index is 735. The van der Waals surface area contributed by atoms with E-state index in [-0.39, 0.29) is 11.2 Å². The van der Waals surface area contributed by atoms with E-state index in [0.717, 1.165) is 38.9 Å². The van der Waals surface area contributed by atoms with Gasteiger partial charge in [0.25, 0.3) is 0 Å². The number of hydrogen-bond acceptors (Lipinski definition) is 3. The van der Waals surface area contributed by atoms with Gasteiger partial charge in [-0.1, -0.05) is 18.6 Å². The summed E-state index contributed by atoms with van der Waals surface area (Å²) in [5.41, 5.74) is 5.17. The van der Waals surface area contributed by atoms with Crippen molar-refractivity contribution in [2.24, 2.45) is 17.3 Å². The Balaban J connectivity index is 1.42. The SMILES string of the molecule is CC12CC=C3C4=C(CCC3[C@@H]1CC=C2O[Si](C)(C)C)CC1(CC4)OCCO1. The van der Waals surface area contributed by atoms with Crippen LogP contribution in [-0.4, -0.2) is 27.3 Å². The summed E-state index contributed by atoms with van der Waals surface area (Å²) in [5.74, 6) is 2.44. The molecular weight excluding hydrogens is 352 g/mol. The molecule has 3 nitrogen and oxygen atoms in total.